The lowest BCUT2D eigenvalue weighted by Crippen LogP contribution is -2.54. The van der Waals surface area contributed by atoms with Crippen molar-refractivity contribution in [3.8, 4) is 11.5 Å². The number of anilines is 1. The number of likely N-dealkylation sites (tertiary alicyclic amines) is 1. The lowest BCUT2D eigenvalue weighted by atomic mass is 9.83. The van der Waals surface area contributed by atoms with Crippen molar-refractivity contribution < 1.29 is 72.9 Å². The number of benzene rings is 2. The predicted octanol–water partition coefficient (Wildman–Crippen LogP) is 4.73. The monoisotopic (exact) mass is 1070 g/mol. The Hall–Kier alpha value is -5.06. The number of nitrogens with one attached hydrogen (secondary N) is 1. The number of hydrogen-bond donors (Lipinski definition) is 6. The quantitative estimate of drug-likeness (QED) is 0.0672. The Bertz CT molecular complexity index is 2220. The highest BCUT2D eigenvalue weighted by molar-refractivity contribution is 5.94. The Balaban J connectivity index is 1.49. The second-order valence-electron chi connectivity index (χ2n) is 21.4. The van der Waals surface area contributed by atoms with Crippen molar-refractivity contribution in [1.29, 1.82) is 0 Å². The third kappa shape index (κ3) is 16.2. The molecule has 2 fully saturated rings. The molecule has 0 bridgehead atoms. The van der Waals surface area contributed by atoms with Gasteiger partial charge in [-0.25, -0.2) is 4.79 Å². The van der Waals surface area contributed by atoms with Gasteiger partial charge in [-0.2, -0.15) is 0 Å². The van der Waals surface area contributed by atoms with E-state index >= 15 is 0 Å². The van der Waals surface area contributed by atoms with E-state index < -0.39 is 84.8 Å². The lowest BCUT2D eigenvalue weighted by molar-refractivity contribution is -0.241. The summed E-state index contributed by atoms with van der Waals surface area (Å²) in [5.74, 6) is -4.18. The van der Waals surface area contributed by atoms with Gasteiger partial charge in [-0.3, -0.25) is 24.0 Å². The molecule has 426 valence electrons. The van der Waals surface area contributed by atoms with Crippen LogP contribution in [-0.4, -0.2) is 173 Å². The SMILES string of the molecule is CC[C@H](C)[C@@H]([C@@H](CC(=O)N1CCC[C@H]1[C@H](OC)[C@@H](C)C(=O)C[C@H](C)[C@@H](O)c1ccccc1)OC)N(C)C(=O)[C@@H](CC(=O)[C@H](C(C)C)N(C)C(=O)Oc1ccc(OC2OC[C@@H](O)[C@H](O)[C@H]2O)c(NC(=O)CCN)c1)C(C)C. The zero-order chi connectivity index (χ0) is 56.7. The first kappa shape index (κ1) is 63.5. The average molecular weight is 1070 g/mol. The predicted molar refractivity (Wildman–Crippen MR) is 284 cm³/mol. The van der Waals surface area contributed by atoms with Crippen molar-refractivity contribution in [2.24, 2.45) is 41.2 Å². The zero-order valence-corrected chi connectivity index (χ0v) is 46.6. The number of Topliss-reactive ketones (excluding diaryl/α,β-unsaturated/α-hetero) is 2. The van der Waals surface area contributed by atoms with Crippen LogP contribution in [0.5, 0.6) is 11.5 Å². The van der Waals surface area contributed by atoms with Crippen molar-refractivity contribution in [2.45, 2.75) is 161 Å². The van der Waals surface area contributed by atoms with E-state index in [0.717, 1.165) is 10.5 Å². The number of ketones is 2. The Kier molecular flexibility index (Phi) is 24.7. The van der Waals surface area contributed by atoms with Crippen LogP contribution in [0.15, 0.2) is 48.5 Å². The largest absolute Gasteiger partial charge is 0.460 e. The van der Waals surface area contributed by atoms with Crippen LogP contribution in [0.25, 0.3) is 0 Å². The number of methoxy groups -OCH3 is 2. The highest BCUT2D eigenvalue weighted by Crippen LogP contribution is 2.35. The Labute approximate surface area is 448 Å². The van der Waals surface area contributed by atoms with Crippen molar-refractivity contribution in [1.82, 2.24) is 14.7 Å². The Morgan fingerprint density at radius 3 is 2.11 bits per heavy atom. The Morgan fingerprint density at radius 2 is 1.51 bits per heavy atom. The molecule has 2 aliphatic heterocycles. The molecule has 20 nitrogen and oxygen atoms in total. The van der Waals surface area contributed by atoms with E-state index in [2.05, 4.69) is 5.32 Å². The minimum absolute atomic E-state index is 0.0125. The van der Waals surface area contributed by atoms with Gasteiger partial charge in [0, 0.05) is 78.6 Å². The van der Waals surface area contributed by atoms with Gasteiger partial charge in [0.1, 0.15) is 35.6 Å². The van der Waals surface area contributed by atoms with Gasteiger partial charge in [0.2, 0.25) is 24.0 Å². The van der Waals surface area contributed by atoms with E-state index in [1.807, 2.05) is 71.9 Å². The molecular weight excluding hydrogens is 983 g/mol. The van der Waals surface area contributed by atoms with Gasteiger partial charge in [-0.15, -0.1) is 0 Å². The van der Waals surface area contributed by atoms with Crippen LogP contribution in [0, 0.1) is 35.5 Å². The van der Waals surface area contributed by atoms with E-state index in [9.17, 15) is 49.2 Å². The summed E-state index contributed by atoms with van der Waals surface area (Å²) in [6.07, 6.45) is -7.27. The molecule has 7 N–H and O–H groups in total. The highest BCUT2D eigenvalue weighted by atomic mass is 16.7. The number of aliphatic hydroxyl groups is 4. The fraction of sp³-hybridized carbons (Fsp3) is 0.679. The van der Waals surface area contributed by atoms with Gasteiger partial charge in [0.15, 0.2) is 5.78 Å². The highest BCUT2D eigenvalue weighted by Gasteiger charge is 2.44. The molecule has 1 unspecified atom stereocenters. The summed E-state index contributed by atoms with van der Waals surface area (Å²) < 4.78 is 29.0. The van der Waals surface area contributed by atoms with Crippen LogP contribution in [0.4, 0.5) is 10.5 Å². The molecule has 4 rings (SSSR count). The maximum Gasteiger partial charge on any atom is 0.415 e. The number of amides is 4. The molecule has 0 saturated carbocycles. The summed E-state index contributed by atoms with van der Waals surface area (Å²) >= 11 is 0. The maximum atomic E-state index is 14.8. The third-order valence-electron chi connectivity index (χ3n) is 15.3. The van der Waals surface area contributed by atoms with Gasteiger partial charge >= 0.3 is 6.09 Å². The molecule has 2 heterocycles. The van der Waals surface area contributed by atoms with Crippen LogP contribution in [0.3, 0.4) is 0 Å². The molecule has 76 heavy (non-hydrogen) atoms. The summed E-state index contributed by atoms with van der Waals surface area (Å²) in [6.45, 7) is 15.0. The van der Waals surface area contributed by atoms with E-state index in [-0.39, 0.29) is 103 Å². The molecule has 14 atom stereocenters. The van der Waals surface area contributed by atoms with E-state index in [1.165, 1.54) is 32.4 Å². The molecule has 4 amide bonds. The number of nitrogens with two attached hydrogens (primary N) is 1. The molecule has 2 aromatic rings. The molecule has 0 radical (unpaired) electrons. The normalized spacial score (nSPS) is 22.4. The number of ether oxygens (including phenoxy) is 5. The maximum absolute atomic E-state index is 14.8. The number of aliphatic hydroxyl groups excluding tert-OH is 4. The smallest absolute Gasteiger partial charge is 0.415 e. The molecular formula is C56H87N5O15. The molecule has 0 spiro atoms. The van der Waals surface area contributed by atoms with Gasteiger partial charge in [0.25, 0.3) is 0 Å². The molecule has 0 aromatic heterocycles. The van der Waals surface area contributed by atoms with E-state index in [4.69, 9.17) is 29.4 Å². The Morgan fingerprint density at radius 1 is 0.842 bits per heavy atom. The molecule has 2 aromatic carbocycles. The topological polar surface area (TPSA) is 277 Å². The first-order valence-electron chi connectivity index (χ1n) is 26.7. The second-order valence-corrected chi connectivity index (χ2v) is 21.4. The van der Waals surface area contributed by atoms with Crippen LogP contribution in [0.1, 0.15) is 112 Å². The van der Waals surface area contributed by atoms with Crippen LogP contribution in [-0.2, 0) is 38.2 Å². The fourth-order valence-corrected chi connectivity index (χ4v) is 10.6. The average Bonchev–Trinajstić information content (AvgIpc) is 3.87. The van der Waals surface area contributed by atoms with Crippen molar-refractivity contribution >= 4 is 41.1 Å². The van der Waals surface area contributed by atoms with E-state index in [0.29, 0.717) is 25.8 Å². The first-order chi connectivity index (χ1) is 35.9. The zero-order valence-electron chi connectivity index (χ0n) is 46.6. The van der Waals surface area contributed by atoms with E-state index in [1.54, 1.807) is 37.8 Å². The van der Waals surface area contributed by atoms with Gasteiger partial charge in [-0.1, -0.05) is 92.1 Å². The summed E-state index contributed by atoms with van der Waals surface area (Å²) in [5.41, 5.74) is 6.33. The number of carbonyl (C=O) groups excluding carboxylic acids is 6. The number of carbonyl (C=O) groups is 6. The third-order valence-corrected chi connectivity index (χ3v) is 15.3. The van der Waals surface area contributed by atoms with Crippen molar-refractivity contribution in [3.05, 3.63) is 54.1 Å². The summed E-state index contributed by atoms with van der Waals surface area (Å²) in [5, 5.41) is 44.2. The number of rotatable bonds is 28. The second kappa shape index (κ2) is 29.6. The minimum Gasteiger partial charge on any atom is -0.460 e. The molecule has 2 saturated heterocycles. The van der Waals surface area contributed by atoms with Crippen LogP contribution >= 0.6 is 0 Å². The summed E-state index contributed by atoms with van der Waals surface area (Å²) in [7, 11) is 6.15. The number of nitrogens with zero attached hydrogens (tertiary/aromatic N) is 3. The molecule has 2 aliphatic rings. The minimum atomic E-state index is -1.64. The van der Waals surface area contributed by atoms with Gasteiger partial charge < -0.3 is 69.9 Å². The number of likely N-dealkylation sites (N-methyl/N-ethyl adjacent to an activating group) is 2. The number of hydrogen-bond acceptors (Lipinski definition) is 16. The van der Waals surface area contributed by atoms with Crippen molar-refractivity contribution in [2.75, 3.05) is 53.3 Å². The van der Waals surface area contributed by atoms with Crippen LogP contribution < -0.4 is 20.5 Å². The molecule has 20 heteroatoms. The standard InChI is InChI=1S/C56H87N5O15/c1-13-33(6)49(45(72-11)29-47(66)61-25-17-20-40(61)53(73-12)35(8)41(62)26-34(7)50(67)36-18-15-14-16-19-36)59(9)54(70)38(31(2)3)28-42(63)48(32(4)5)60(10)56(71)75-37-21-22-44(39(27-37)58-46(65)23-24-57)76-55-52(69)51(68)43(64)30-74-55/h14-16,18-19,21-22,27,31-35,38,40,43,45,48-53,55,64,67-69H,13,17,20,23-26,28-30,57H2,1-12H3,(H,58,65)/t33-,34-,35-,38-,40-,43+,45+,48-,49-,50+,51-,52+,53+,55?/m0/s1. The summed E-state index contributed by atoms with van der Waals surface area (Å²) in [4.78, 5) is 88.6. The lowest BCUT2D eigenvalue weighted by Gasteiger charge is -2.41. The first-order valence-corrected chi connectivity index (χ1v) is 26.7. The summed E-state index contributed by atoms with van der Waals surface area (Å²) in [6, 6.07) is 11.2. The fourth-order valence-electron chi connectivity index (χ4n) is 10.6. The van der Waals surface area contributed by atoms with Gasteiger partial charge in [0.05, 0.1) is 55.2 Å². The van der Waals surface area contributed by atoms with Gasteiger partial charge in [-0.05, 0) is 54.2 Å². The van der Waals surface area contributed by atoms with Crippen LogP contribution in [0.2, 0.25) is 0 Å². The molecule has 0 aliphatic carbocycles. The van der Waals surface area contributed by atoms with Crippen molar-refractivity contribution in [3.63, 3.8) is 0 Å².